The van der Waals surface area contributed by atoms with Gasteiger partial charge in [0.05, 0.1) is 5.57 Å². The molecule has 1 rings (SSSR count). The summed E-state index contributed by atoms with van der Waals surface area (Å²) in [4.78, 5) is 9.18. The van der Waals surface area contributed by atoms with Gasteiger partial charge in [0, 0.05) is 0 Å². The third-order valence-electron chi connectivity index (χ3n) is 0.789. The summed E-state index contributed by atoms with van der Waals surface area (Å²) in [5.41, 5.74) is 5.94. The molecule has 1 heterocycles. The van der Waals surface area contributed by atoms with Gasteiger partial charge >= 0.3 is 0 Å². The molecule has 0 aliphatic carbocycles. The van der Waals surface area contributed by atoms with Gasteiger partial charge in [0.25, 0.3) is 0 Å². The van der Waals surface area contributed by atoms with E-state index in [1.807, 2.05) is 0 Å². The molecule has 3 nitrogen and oxygen atoms in total. The summed E-state index contributed by atoms with van der Waals surface area (Å²) in [6, 6.07) is 0. The lowest BCUT2D eigenvalue weighted by Crippen LogP contribution is -2.11. The van der Waals surface area contributed by atoms with Crippen LogP contribution in [0.5, 0.6) is 0 Å². The molecule has 0 spiro atoms. The van der Waals surface area contributed by atoms with Crippen LogP contribution in [0.15, 0.2) is 11.8 Å². The van der Waals surface area contributed by atoms with Gasteiger partial charge < -0.3 is 10.6 Å². The van der Waals surface area contributed by atoms with Crippen LogP contribution in [0.4, 0.5) is 0 Å². The van der Waals surface area contributed by atoms with Gasteiger partial charge in [-0.1, -0.05) is 12.2 Å². The lowest BCUT2D eigenvalue weighted by atomic mass is 10.3. The molecule has 0 saturated heterocycles. The van der Waals surface area contributed by atoms with Crippen molar-refractivity contribution in [2.75, 3.05) is 6.61 Å². The molecular formula is C4H5NO2S. The minimum atomic E-state index is 0.336. The summed E-state index contributed by atoms with van der Waals surface area (Å²) in [5.74, 6) is 0. The van der Waals surface area contributed by atoms with E-state index in [-0.39, 0.29) is 0 Å². The average Bonchev–Trinajstić information content (AvgIpc) is 2.12. The molecule has 2 N–H and O–H groups in total. The fourth-order valence-corrected chi connectivity index (χ4v) is 0.460. The molecule has 0 atom stereocenters. The Morgan fingerprint density at radius 2 is 2.62 bits per heavy atom. The highest BCUT2D eigenvalue weighted by molar-refractivity contribution is 7.80. The van der Waals surface area contributed by atoms with Crippen LogP contribution in [0.3, 0.4) is 0 Å². The Balaban J connectivity index is 2.57. The third kappa shape index (κ3) is 0.962. The predicted molar refractivity (Wildman–Crippen MR) is 31.9 cm³/mol. The van der Waals surface area contributed by atoms with Crippen molar-refractivity contribution >= 4 is 17.2 Å². The van der Waals surface area contributed by atoms with E-state index in [1.54, 1.807) is 0 Å². The quantitative estimate of drug-likeness (QED) is 0.405. The molecule has 0 radical (unpaired) electrons. The van der Waals surface area contributed by atoms with Crippen molar-refractivity contribution < 1.29 is 9.78 Å². The van der Waals surface area contributed by atoms with Crippen LogP contribution >= 0.6 is 12.2 Å². The van der Waals surface area contributed by atoms with Crippen molar-refractivity contribution in [3.05, 3.63) is 11.8 Å². The zero-order valence-corrected chi connectivity index (χ0v) is 4.90. The first-order valence-electron chi connectivity index (χ1n) is 2.08. The van der Waals surface area contributed by atoms with E-state index in [0.717, 1.165) is 5.57 Å². The van der Waals surface area contributed by atoms with Crippen molar-refractivity contribution in [1.29, 1.82) is 0 Å². The first-order chi connectivity index (χ1) is 3.80. The van der Waals surface area contributed by atoms with Crippen molar-refractivity contribution in [1.82, 2.24) is 0 Å². The van der Waals surface area contributed by atoms with Crippen LogP contribution in [0.2, 0.25) is 0 Å². The number of hydrogen-bond donors (Lipinski definition) is 1. The van der Waals surface area contributed by atoms with E-state index < -0.39 is 0 Å². The van der Waals surface area contributed by atoms with Gasteiger partial charge in [-0.25, -0.2) is 0 Å². The Morgan fingerprint density at radius 3 is 2.88 bits per heavy atom. The van der Waals surface area contributed by atoms with E-state index in [0.29, 0.717) is 11.6 Å². The SMILES string of the molecule is NC(=S)C1=COOC1. The molecule has 1 aliphatic rings. The zero-order chi connectivity index (χ0) is 5.98. The molecule has 0 saturated carbocycles. The molecule has 0 aromatic carbocycles. The van der Waals surface area contributed by atoms with Crippen LogP contribution in [0.25, 0.3) is 0 Å². The second kappa shape index (κ2) is 2.11. The maximum Gasteiger partial charge on any atom is 0.138 e. The first-order valence-corrected chi connectivity index (χ1v) is 2.48. The van der Waals surface area contributed by atoms with Gasteiger partial charge in [-0.15, -0.1) is 0 Å². The average molecular weight is 131 g/mol. The molecular weight excluding hydrogens is 126 g/mol. The van der Waals surface area contributed by atoms with E-state index >= 15 is 0 Å². The molecule has 0 aromatic heterocycles. The van der Waals surface area contributed by atoms with Crippen LogP contribution in [0.1, 0.15) is 0 Å². The second-order valence-electron chi connectivity index (χ2n) is 1.37. The van der Waals surface area contributed by atoms with Gasteiger partial charge in [0.2, 0.25) is 0 Å². The monoisotopic (exact) mass is 131 g/mol. The van der Waals surface area contributed by atoms with Gasteiger partial charge in [-0.3, -0.25) is 0 Å². The van der Waals surface area contributed by atoms with Crippen molar-refractivity contribution in [3.8, 4) is 0 Å². The van der Waals surface area contributed by atoms with Crippen LogP contribution in [0, 0.1) is 0 Å². The zero-order valence-electron chi connectivity index (χ0n) is 4.09. The fraction of sp³-hybridized carbons (Fsp3) is 0.250. The molecule has 0 aromatic rings. The number of rotatable bonds is 1. The summed E-state index contributed by atoms with van der Waals surface area (Å²) in [7, 11) is 0. The smallest absolute Gasteiger partial charge is 0.138 e. The van der Waals surface area contributed by atoms with Crippen molar-refractivity contribution in [2.45, 2.75) is 0 Å². The second-order valence-corrected chi connectivity index (χ2v) is 1.81. The van der Waals surface area contributed by atoms with Gasteiger partial charge in [-0.05, 0) is 0 Å². The van der Waals surface area contributed by atoms with E-state index in [1.165, 1.54) is 6.26 Å². The Morgan fingerprint density at radius 1 is 1.88 bits per heavy atom. The predicted octanol–water partition coefficient (Wildman–Crippen LogP) is 0.118. The maximum absolute atomic E-state index is 5.20. The molecule has 0 amide bonds. The lowest BCUT2D eigenvalue weighted by molar-refractivity contribution is -0.221. The lowest BCUT2D eigenvalue weighted by Gasteiger charge is -1.88. The molecule has 44 valence electrons. The molecule has 4 heteroatoms. The minimum absolute atomic E-state index is 0.336. The van der Waals surface area contributed by atoms with Crippen LogP contribution in [-0.4, -0.2) is 11.6 Å². The Hall–Kier alpha value is -0.610. The molecule has 8 heavy (non-hydrogen) atoms. The summed E-state index contributed by atoms with van der Waals surface area (Å²) in [6.45, 7) is 0.370. The van der Waals surface area contributed by atoms with E-state index in [2.05, 4.69) is 22.0 Å². The summed E-state index contributed by atoms with van der Waals surface area (Å²) >= 11 is 4.60. The van der Waals surface area contributed by atoms with Crippen LogP contribution < -0.4 is 5.73 Å². The Kier molecular flexibility index (Phi) is 1.45. The minimum Gasteiger partial charge on any atom is -0.390 e. The Labute approximate surface area is 52.0 Å². The third-order valence-corrected chi connectivity index (χ3v) is 1.05. The van der Waals surface area contributed by atoms with Gasteiger partial charge in [-0.2, -0.15) is 4.89 Å². The maximum atomic E-state index is 5.20. The highest BCUT2D eigenvalue weighted by Crippen LogP contribution is 2.04. The first kappa shape index (κ1) is 5.53. The van der Waals surface area contributed by atoms with Crippen molar-refractivity contribution in [2.24, 2.45) is 5.73 Å². The van der Waals surface area contributed by atoms with E-state index in [4.69, 9.17) is 5.73 Å². The normalized spacial score (nSPS) is 17.2. The summed E-state index contributed by atoms with van der Waals surface area (Å²) in [5, 5.41) is 0. The number of hydrogen-bond acceptors (Lipinski definition) is 3. The highest BCUT2D eigenvalue weighted by atomic mass is 32.1. The molecule has 0 fully saturated rings. The standard InChI is InChI=1S/C4H5NO2S/c5-4(8)3-1-6-7-2-3/h1H,2H2,(H2,5,8). The summed E-state index contributed by atoms with van der Waals surface area (Å²) < 4.78 is 0. The van der Waals surface area contributed by atoms with E-state index in [9.17, 15) is 0 Å². The summed E-state index contributed by atoms with van der Waals surface area (Å²) in [6.07, 6.45) is 1.41. The van der Waals surface area contributed by atoms with Gasteiger partial charge in [0.1, 0.15) is 17.9 Å². The molecule has 1 aliphatic heterocycles. The number of thiocarbonyl (C=S) groups is 1. The molecule has 0 bridgehead atoms. The molecule has 0 unspecified atom stereocenters. The number of nitrogens with two attached hydrogens (primary N) is 1. The fourth-order valence-electron chi connectivity index (χ4n) is 0.353. The highest BCUT2D eigenvalue weighted by Gasteiger charge is 2.07. The topological polar surface area (TPSA) is 44.5 Å². The van der Waals surface area contributed by atoms with Crippen LogP contribution in [-0.2, 0) is 9.78 Å². The Bertz CT molecular complexity index is 143. The largest absolute Gasteiger partial charge is 0.390 e. The van der Waals surface area contributed by atoms with Crippen molar-refractivity contribution in [3.63, 3.8) is 0 Å². The van der Waals surface area contributed by atoms with Gasteiger partial charge in [0.15, 0.2) is 0 Å².